The van der Waals surface area contributed by atoms with Gasteiger partial charge in [0.1, 0.15) is 6.07 Å². The lowest BCUT2D eigenvalue weighted by Crippen LogP contribution is -2.03. The molecule has 0 aliphatic rings. The summed E-state index contributed by atoms with van der Waals surface area (Å²) in [4.78, 5) is 4.15. The number of aromatic nitrogens is 3. The lowest BCUT2D eigenvalue weighted by atomic mass is 10.1. The van der Waals surface area contributed by atoms with E-state index in [1.54, 1.807) is 16.8 Å². The Kier molecular flexibility index (Phi) is 2.79. The Morgan fingerprint density at radius 2 is 2.12 bits per heavy atom. The van der Waals surface area contributed by atoms with Crippen molar-refractivity contribution in [3.05, 3.63) is 35.8 Å². The molecule has 0 aromatic carbocycles. The highest BCUT2D eigenvalue weighted by Crippen LogP contribution is 2.15. The minimum absolute atomic E-state index is 0.226. The van der Waals surface area contributed by atoms with Crippen molar-refractivity contribution in [2.45, 2.75) is 19.8 Å². The van der Waals surface area contributed by atoms with Crippen LogP contribution in [0.1, 0.15) is 31.2 Å². The van der Waals surface area contributed by atoms with E-state index in [1.165, 1.54) is 0 Å². The van der Waals surface area contributed by atoms with Crippen LogP contribution in [-0.2, 0) is 0 Å². The zero-order valence-electron chi connectivity index (χ0n) is 9.75. The van der Waals surface area contributed by atoms with Gasteiger partial charge < -0.3 is 5.73 Å². The van der Waals surface area contributed by atoms with Gasteiger partial charge in [0.15, 0.2) is 11.5 Å². The lowest BCUT2D eigenvalue weighted by Gasteiger charge is -2.03. The Morgan fingerprint density at radius 1 is 1.35 bits per heavy atom. The molecule has 0 spiro atoms. The van der Waals surface area contributed by atoms with Crippen molar-refractivity contribution in [1.29, 1.82) is 5.26 Å². The fraction of sp³-hybridized carbons (Fsp3) is 0.250. The zero-order chi connectivity index (χ0) is 12.4. The second kappa shape index (κ2) is 4.26. The molecule has 0 fully saturated rings. The van der Waals surface area contributed by atoms with Crippen molar-refractivity contribution in [3.63, 3.8) is 0 Å². The first-order chi connectivity index (χ1) is 8.11. The molecule has 2 aromatic rings. The van der Waals surface area contributed by atoms with Crippen LogP contribution in [0.15, 0.2) is 24.4 Å². The number of rotatable bonds is 2. The number of anilines is 1. The number of hydrogen-bond acceptors (Lipinski definition) is 4. The maximum atomic E-state index is 8.86. The summed E-state index contributed by atoms with van der Waals surface area (Å²) in [6, 6.07) is 7.30. The summed E-state index contributed by atoms with van der Waals surface area (Å²) >= 11 is 0. The summed E-state index contributed by atoms with van der Waals surface area (Å²) in [7, 11) is 0. The Morgan fingerprint density at radius 3 is 2.71 bits per heavy atom. The summed E-state index contributed by atoms with van der Waals surface area (Å²) in [6.45, 7) is 4.15. The third kappa shape index (κ3) is 2.11. The number of nitriles is 1. The van der Waals surface area contributed by atoms with E-state index < -0.39 is 0 Å². The highest BCUT2D eigenvalue weighted by molar-refractivity contribution is 5.51. The van der Waals surface area contributed by atoms with Crippen molar-refractivity contribution in [1.82, 2.24) is 14.8 Å². The van der Waals surface area contributed by atoms with Gasteiger partial charge in [0.05, 0.1) is 11.4 Å². The first-order valence-electron chi connectivity index (χ1n) is 5.34. The lowest BCUT2D eigenvalue weighted by molar-refractivity contribution is 0.757. The van der Waals surface area contributed by atoms with Gasteiger partial charge in [-0.2, -0.15) is 10.4 Å². The first-order valence-corrected chi connectivity index (χ1v) is 5.34. The molecule has 0 unspecified atom stereocenters. The molecular weight excluding hydrogens is 214 g/mol. The Hall–Kier alpha value is -2.35. The van der Waals surface area contributed by atoms with Gasteiger partial charge in [0.25, 0.3) is 0 Å². The standard InChI is InChI=1S/C12H13N5/c1-8(2)10-5-6-17(16-10)12-4-3-9(14)11(7-13)15-12/h3-6,8H,14H2,1-2H3. The van der Waals surface area contributed by atoms with Crippen molar-refractivity contribution >= 4 is 5.69 Å². The number of nitrogens with two attached hydrogens (primary N) is 1. The Bertz CT molecular complexity index is 577. The van der Waals surface area contributed by atoms with Gasteiger partial charge in [0, 0.05) is 6.20 Å². The van der Waals surface area contributed by atoms with Crippen LogP contribution in [0.5, 0.6) is 0 Å². The quantitative estimate of drug-likeness (QED) is 0.848. The van der Waals surface area contributed by atoms with Crippen molar-refractivity contribution in [3.8, 4) is 11.9 Å². The van der Waals surface area contributed by atoms with E-state index in [2.05, 4.69) is 23.9 Å². The molecule has 2 aromatic heterocycles. The SMILES string of the molecule is CC(C)c1ccn(-c2ccc(N)c(C#N)n2)n1. The minimum atomic E-state index is 0.226. The molecule has 2 heterocycles. The molecule has 0 saturated carbocycles. The van der Waals surface area contributed by atoms with E-state index in [9.17, 15) is 0 Å². The van der Waals surface area contributed by atoms with Crippen LogP contribution in [0.25, 0.3) is 5.82 Å². The molecule has 5 heteroatoms. The van der Waals surface area contributed by atoms with E-state index in [4.69, 9.17) is 11.0 Å². The predicted molar refractivity (Wildman–Crippen MR) is 64.6 cm³/mol. The van der Waals surface area contributed by atoms with E-state index in [0.717, 1.165) is 5.69 Å². The van der Waals surface area contributed by atoms with Gasteiger partial charge in [-0.25, -0.2) is 9.67 Å². The topological polar surface area (TPSA) is 80.5 Å². The van der Waals surface area contributed by atoms with Crippen LogP contribution >= 0.6 is 0 Å². The largest absolute Gasteiger partial charge is 0.396 e. The maximum Gasteiger partial charge on any atom is 0.165 e. The molecule has 0 bridgehead atoms. The number of hydrogen-bond donors (Lipinski definition) is 1. The average molecular weight is 227 g/mol. The second-order valence-corrected chi connectivity index (χ2v) is 4.06. The molecule has 0 aliphatic heterocycles. The van der Waals surface area contributed by atoms with Crippen LogP contribution in [0.2, 0.25) is 0 Å². The van der Waals surface area contributed by atoms with Gasteiger partial charge in [-0.15, -0.1) is 0 Å². The maximum absolute atomic E-state index is 8.86. The molecule has 0 atom stereocenters. The molecule has 2 rings (SSSR count). The summed E-state index contributed by atoms with van der Waals surface area (Å²) in [5.74, 6) is 0.961. The number of nitrogens with zero attached hydrogens (tertiary/aromatic N) is 4. The highest BCUT2D eigenvalue weighted by Gasteiger charge is 2.07. The van der Waals surface area contributed by atoms with Crippen molar-refractivity contribution in [2.75, 3.05) is 5.73 Å². The smallest absolute Gasteiger partial charge is 0.165 e. The third-order valence-electron chi connectivity index (χ3n) is 2.45. The normalized spacial score (nSPS) is 10.5. The third-order valence-corrected chi connectivity index (χ3v) is 2.45. The van der Waals surface area contributed by atoms with Crippen LogP contribution in [0.4, 0.5) is 5.69 Å². The first kappa shape index (κ1) is 11.1. The zero-order valence-corrected chi connectivity index (χ0v) is 9.75. The molecule has 5 nitrogen and oxygen atoms in total. The van der Waals surface area contributed by atoms with Crippen molar-refractivity contribution in [2.24, 2.45) is 0 Å². The van der Waals surface area contributed by atoms with Crippen LogP contribution in [0.3, 0.4) is 0 Å². The van der Waals surface area contributed by atoms with Crippen LogP contribution in [-0.4, -0.2) is 14.8 Å². The Balaban J connectivity index is 2.43. The van der Waals surface area contributed by atoms with Gasteiger partial charge in [0.2, 0.25) is 0 Å². The summed E-state index contributed by atoms with van der Waals surface area (Å²) in [6.07, 6.45) is 1.83. The predicted octanol–water partition coefficient (Wildman–Crippen LogP) is 1.84. The average Bonchev–Trinajstić information content (AvgIpc) is 2.79. The number of pyridine rings is 1. The second-order valence-electron chi connectivity index (χ2n) is 4.06. The molecule has 0 amide bonds. The summed E-state index contributed by atoms with van der Waals surface area (Å²) < 4.78 is 1.65. The molecule has 0 saturated heterocycles. The van der Waals surface area contributed by atoms with Gasteiger partial charge in [-0.3, -0.25) is 0 Å². The molecule has 17 heavy (non-hydrogen) atoms. The minimum Gasteiger partial charge on any atom is -0.396 e. The molecular formula is C12H13N5. The summed E-state index contributed by atoms with van der Waals surface area (Å²) in [5.41, 5.74) is 7.21. The van der Waals surface area contributed by atoms with Gasteiger partial charge >= 0.3 is 0 Å². The molecule has 0 aliphatic carbocycles. The van der Waals surface area contributed by atoms with E-state index in [0.29, 0.717) is 17.4 Å². The van der Waals surface area contributed by atoms with E-state index in [-0.39, 0.29) is 5.69 Å². The fourth-order valence-electron chi connectivity index (χ4n) is 1.45. The summed E-state index contributed by atoms with van der Waals surface area (Å²) in [5, 5.41) is 13.3. The van der Waals surface area contributed by atoms with Crippen LogP contribution < -0.4 is 5.73 Å². The molecule has 0 radical (unpaired) electrons. The van der Waals surface area contributed by atoms with Gasteiger partial charge in [-0.05, 0) is 24.1 Å². The monoisotopic (exact) mass is 227 g/mol. The fourth-order valence-corrected chi connectivity index (χ4v) is 1.45. The van der Waals surface area contributed by atoms with E-state index in [1.807, 2.05) is 18.3 Å². The van der Waals surface area contributed by atoms with Crippen LogP contribution in [0, 0.1) is 11.3 Å². The Labute approximate surface area is 99.5 Å². The highest BCUT2D eigenvalue weighted by atomic mass is 15.3. The van der Waals surface area contributed by atoms with Gasteiger partial charge in [-0.1, -0.05) is 13.8 Å². The van der Waals surface area contributed by atoms with Crippen molar-refractivity contribution < 1.29 is 0 Å². The van der Waals surface area contributed by atoms with E-state index >= 15 is 0 Å². The molecule has 86 valence electrons. The number of nitrogen functional groups attached to an aromatic ring is 1. The molecule has 2 N–H and O–H groups in total.